The summed E-state index contributed by atoms with van der Waals surface area (Å²) in [6.07, 6.45) is 1.74. The van der Waals surface area contributed by atoms with Crippen LogP contribution in [0.25, 0.3) is 0 Å². The van der Waals surface area contributed by atoms with E-state index in [0.717, 1.165) is 39.4 Å². The third kappa shape index (κ3) is 8.10. The number of amides is 2. The fraction of sp³-hybridized carbons (Fsp3) is 0.375. The topological polar surface area (TPSA) is 96.0 Å². The predicted molar refractivity (Wildman–Crippen MR) is 163 cm³/mol. The van der Waals surface area contributed by atoms with Gasteiger partial charge in [-0.25, -0.2) is 8.42 Å². The Morgan fingerprint density at radius 2 is 1.59 bits per heavy atom. The lowest BCUT2D eigenvalue weighted by molar-refractivity contribution is -0.139. The van der Waals surface area contributed by atoms with Crippen molar-refractivity contribution in [3.63, 3.8) is 0 Å². The Labute approximate surface area is 244 Å². The van der Waals surface area contributed by atoms with Gasteiger partial charge in [-0.3, -0.25) is 13.9 Å². The van der Waals surface area contributed by atoms with Crippen LogP contribution in [0.1, 0.15) is 48.9 Å². The summed E-state index contributed by atoms with van der Waals surface area (Å²) in [6, 6.07) is 18.2. The molecule has 0 fully saturated rings. The van der Waals surface area contributed by atoms with Crippen LogP contribution in [0.2, 0.25) is 0 Å². The minimum atomic E-state index is -4.11. The molecule has 3 aromatic carbocycles. The smallest absolute Gasteiger partial charge is 0.264 e. The Balaban J connectivity index is 2.02. The van der Waals surface area contributed by atoms with Gasteiger partial charge in [0.1, 0.15) is 18.3 Å². The van der Waals surface area contributed by atoms with Crippen molar-refractivity contribution in [1.82, 2.24) is 10.2 Å². The quantitative estimate of drug-likeness (QED) is 0.283. The van der Waals surface area contributed by atoms with Crippen LogP contribution in [0.5, 0.6) is 5.75 Å². The number of nitrogens with one attached hydrogen (secondary N) is 1. The molecule has 2 amide bonds. The molecule has 9 heteroatoms. The second-order valence-electron chi connectivity index (χ2n) is 10.3. The maximum Gasteiger partial charge on any atom is 0.264 e. The van der Waals surface area contributed by atoms with E-state index in [9.17, 15) is 18.0 Å². The van der Waals surface area contributed by atoms with Crippen LogP contribution in [-0.4, -0.2) is 51.4 Å². The number of carbonyl (C=O) groups excluding carboxylic acids is 2. The van der Waals surface area contributed by atoms with E-state index in [2.05, 4.69) is 5.32 Å². The largest absolute Gasteiger partial charge is 0.497 e. The minimum absolute atomic E-state index is 0.0844. The molecule has 0 aliphatic rings. The van der Waals surface area contributed by atoms with Crippen LogP contribution in [0, 0.1) is 20.8 Å². The monoisotopic (exact) mass is 579 g/mol. The van der Waals surface area contributed by atoms with Crippen molar-refractivity contribution in [2.45, 2.75) is 64.9 Å². The Bertz CT molecular complexity index is 1440. The van der Waals surface area contributed by atoms with Crippen LogP contribution in [-0.2, 0) is 26.2 Å². The van der Waals surface area contributed by atoms with Crippen LogP contribution in [0.3, 0.4) is 0 Å². The number of aryl methyl sites for hydroxylation is 3. The summed E-state index contributed by atoms with van der Waals surface area (Å²) in [5.74, 6) is -0.116. The molecule has 0 saturated carbocycles. The first-order chi connectivity index (χ1) is 19.5. The SMILES string of the molecule is CCCCNC(=O)C(C)N(Cc1ccc(OC)cc1)C(=O)CN(c1ccc(C)c(C)c1)S(=O)(=O)c1ccc(C)cc1. The Morgan fingerprint density at radius 3 is 2.17 bits per heavy atom. The number of sulfonamides is 1. The first kappa shape index (κ1) is 31.7. The van der Waals surface area contributed by atoms with E-state index >= 15 is 0 Å². The standard InChI is InChI=1S/C32H41N3O5S/c1-7-8-19-33-32(37)26(5)34(21-27-12-15-29(40-6)16-13-27)31(36)22-35(28-14-11-24(3)25(4)20-28)41(38,39)30-17-9-23(2)10-18-30/h9-18,20,26H,7-8,19,21-22H2,1-6H3,(H,33,37). The van der Waals surface area contributed by atoms with E-state index in [1.165, 1.54) is 4.90 Å². The van der Waals surface area contributed by atoms with Crippen LogP contribution in [0.4, 0.5) is 5.69 Å². The van der Waals surface area contributed by atoms with E-state index in [1.807, 2.05) is 45.9 Å². The molecule has 41 heavy (non-hydrogen) atoms. The highest BCUT2D eigenvalue weighted by Gasteiger charge is 2.32. The molecule has 0 aliphatic carbocycles. The first-order valence-electron chi connectivity index (χ1n) is 13.8. The van der Waals surface area contributed by atoms with Crippen molar-refractivity contribution < 1.29 is 22.7 Å². The number of anilines is 1. The zero-order chi connectivity index (χ0) is 30.2. The van der Waals surface area contributed by atoms with E-state index < -0.39 is 28.5 Å². The number of methoxy groups -OCH3 is 1. The lowest BCUT2D eigenvalue weighted by Gasteiger charge is -2.32. The minimum Gasteiger partial charge on any atom is -0.497 e. The summed E-state index contributed by atoms with van der Waals surface area (Å²) in [4.78, 5) is 28.6. The molecule has 0 saturated heterocycles. The molecule has 1 atom stereocenters. The van der Waals surface area contributed by atoms with Crippen molar-refractivity contribution >= 4 is 27.5 Å². The number of unbranched alkanes of at least 4 members (excludes halogenated alkanes) is 1. The Hall–Kier alpha value is -3.85. The van der Waals surface area contributed by atoms with Gasteiger partial charge in [0.2, 0.25) is 11.8 Å². The summed E-state index contributed by atoms with van der Waals surface area (Å²) < 4.78 is 34.3. The van der Waals surface area contributed by atoms with Gasteiger partial charge in [0.25, 0.3) is 10.0 Å². The van der Waals surface area contributed by atoms with Gasteiger partial charge in [-0.1, -0.05) is 49.2 Å². The van der Waals surface area contributed by atoms with Crippen molar-refractivity contribution in [3.05, 3.63) is 89.0 Å². The molecule has 0 spiro atoms. The molecular formula is C32H41N3O5S. The molecular weight excluding hydrogens is 538 g/mol. The highest BCUT2D eigenvalue weighted by molar-refractivity contribution is 7.92. The number of ether oxygens (including phenoxy) is 1. The van der Waals surface area contributed by atoms with Crippen molar-refractivity contribution in [2.24, 2.45) is 0 Å². The lowest BCUT2D eigenvalue weighted by Crippen LogP contribution is -2.51. The third-order valence-electron chi connectivity index (χ3n) is 7.18. The molecule has 1 N–H and O–H groups in total. The Morgan fingerprint density at radius 1 is 0.927 bits per heavy atom. The molecule has 0 radical (unpaired) electrons. The predicted octanol–water partition coefficient (Wildman–Crippen LogP) is 5.15. The third-order valence-corrected chi connectivity index (χ3v) is 8.96. The number of carbonyl (C=O) groups is 2. The summed E-state index contributed by atoms with van der Waals surface area (Å²) in [6.45, 7) is 9.57. The van der Waals surface area contributed by atoms with Crippen molar-refractivity contribution in [1.29, 1.82) is 0 Å². The normalized spacial score (nSPS) is 12.0. The molecule has 3 rings (SSSR count). The number of benzene rings is 3. The van der Waals surface area contributed by atoms with Gasteiger partial charge in [0, 0.05) is 13.1 Å². The van der Waals surface area contributed by atoms with Crippen LogP contribution < -0.4 is 14.4 Å². The zero-order valence-electron chi connectivity index (χ0n) is 24.8. The fourth-order valence-electron chi connectivity index (χ4n) is 4.29. The summed E-state index contributed by atoms with van der Waals surface area (Å²) in [5, 5.41) is 2.90. The molecule has 3 aromatic rings. The van der Waals surface area contributed by atoms with E-state index in [-0.39, 0.29) is 17.3 Å². The van der Waals surface area contributed by atoms with E-state index in [4.69, 9.17) is 4.74 Å². The van der Waals surface area contributed by atoms with Gasteiger partial charge in [-0.2, -0.15) is 0 Å². The molecule has 220 valence electrons. The maximum atomic E-state index is 14.0. The summed E-state index contributed by atoms with van der Waals surface area (Å²) in [7, 11) is -2.53. The van der Waals surface area contributed by atoms with E-state index in [1.54, 1.807) is 62.6 Å². The molecule has 8 nitrogen and oxygen atoms in total. The number of hydrogen-bond donors (Lipinski definition) is 1. The van der Waals surface area contributed by atoms with Gasteiger partial charge < -0.3 is 15.0 Å². The first-order valence-corrected chi connectivity index (χ1v) is 15.3. The number of rotatable bonds is 13. The highest BCUT2D eigenvalue weighted by atomic mass is 32.2. The second kappa shape index (κ2) is 14.2. The van der Waals surface area contributed by atoms with E-state index in [0.29, 0.717) is 18.0 Å². The maximum absolute atomic E-state index is 14.0. The molecule has 0 bridgehead atoms. The molecule has 0 heterocycles. The van der Waals surface area contributed by atoms with Crippen LogP contribution >= 0.6 is 0 Å². The van der Waals surface area contributed by atoms with Gasteiger partial charge in [-0.05, 0) is 87.2 Å². The van der Waals surface area contributed by atoms with Gasteiger partial charge in [0.15, 0.2) is 0 Å². The van der Waals surface area contributed by atoms with Crippen molar-refractivity contribution in [3.8, 4) is 5.75 Å². The van der Waals surface area contributed by atoms with Crippen LogP contribution in [0.15, 0.2) is 71.6 Å². The molecule has 0 aromatic heterocycles. The zero-order valence-corrected chi connectivity index (χ0v) is 25.6. The van der Waals surface area contributed by atoms with Gasteiger partial charge in [-0.15, -0.1) is 0 Å². The van der Waals surface area contributed by atoms with Gasteiger partial charge in [0.05, 0.1) is 17.7 Å². The van der Waals surface area contributed by atoms with Crippen molar-refractivity contribution in [2.75, 3.05) is 24.5 Å². The average Bonchev–Trinajstić information content (AvgIpc) is 2.96. The average molecular weight is 580 g/mol. The van der Waals surface area contributed by atoms with Gasteiger partial charge >= 0.3 is 0 Å². The number of nitrogens with zero attached hydrogens (tertiary/aromatic N) is 2. The number of hydrogen-bond acceptors (Lipinski definition) is 5. The Kier molecular flexibility index (Phi) is 10.9. The lowest BCUT2D eigenvalue weighted by atomic mass is 10.1. The molecule has 1 unspecified atom stereocenters. The second-order valence-corrected chi connectivity index (χ2v) is 12.1. The highest BCUT2D eigenvalue weighted by Crippen LogP contribution is 2.27. The summed E-state index contributed by atoms with van der Waals surface area (Å²) >= 11 is 0. The summed E-state index contributed by atoms with van der Waals surface area (Å²) in [5.41, 5.74) is 3.99. The fourth-order valence-corrected chi connectivity index (χ4v) is 5.70. The molecule has 0 aliphatic heterocycles.